The van der Waals surface area contributed by atoms with Crippen LogP contribution in [0.1, 0.15) is 59.1 Å². The number of aliphatic hydroxyl groups excluding tert-OH is 1. The zero-order valence-electron chi connectivity index (χ0n) is 21.1. The predicted molar refractivity (Wildman–Crippen MR) is 136 cm³/mol. The summed E-state index contributed by atoms with van der Waals surface area (Å²) in [4.78, 5) is 35.6. The summed E-state index contributed by atoms with van der Waals surface area (Å²) in [7, 11) is 1.88. The molecule has 0 saturated heterocycles. The van der Waals surface area contributed by atoms with Gasteiger partial charge in [-0.15, -0.1) is 0 Å². The summed E-state index contributed by atoms with van der Waals surface area (Å²) >= 11 is 0. The molecule has 2 aromatic carbocycles. The second kappa shape index (κ2) is 9.04. The van der Waals surface area contributed by atoms with Crippen LogP contribution in [0, 0.1) is 0 Å². The fraction of sp³-hybridized carbons (Fsp3) is 0.357. The summed E-state index contributed by atoms with van der Waals surface area (Å²) in [5.41, 5.74) is 1.11. The molecule has 2 aromatic heterocycles. The lowest BCUT2D eigenvalue weighted by molar-refractivity contribution is -0.142. The van der Waals surface area contributed by atoms with E-state index in [9.17, 15) is 27.9 Å². The van der Waals surface area contributed by atoms with Gasteiger partial charge in [0.15, 0.2) is 6.10 Å². The number of carbonyl (C=O) groups is 1. The monoisotopic (exact) mass is 537 g/mol. The Bertz CT molecular complexity index is 1650. The van der Waals surface area contributed by atoms with E-state index in [2.05, 4.69) is 10.1 Å². The van der Waals surface area contributed by atoms with Crippen molar-refractivity contribution >= 4 is 16.8 Å². The Kier molecular flexibility index (Phi) is 5.87. The number of aryl methyl sites for hydroxylation is 2. The number of carbonyl (C=O) groups excluding carboxylic acids is 1. The SMILES string of the molecule is Cn1ncc2c(C3(c4nc5c(c(=O)[nH]4)CN(C(=O)[C@H](O)c4cccc(C(F)(F)F)c4)CCC5)CC3)cccc21. The lowest BCUT2D eigenvalue weighted by Gasteiger charge is -2.24. The van der Waals surface area contributed by atoms with Crippen molar-refractivity contribution in [3.63, 3.8) is 0 Å². The number of halogens is 3. The van der Waals surface area contributed by atoms with Crippen LogP contribution in [-0.2, 0) is 36.4 Å². The maximum atomic E-state index is 13.3. The van der Waals surface area contributed by atoms with Gasteiger partial charge in [0.2, 0.25) is 0 Å². The van der Waals surface area contributed by atoms with Gasteiger partial charge in [-0.25, -0.2) is 4.98 Å². The van der Waals surface area contributed by atoms with Gasteiger partial charge in [-0.05, 0) is 55.0 Å². The second-order valence-electron chi connectivity index (χ2n) is 10.3. The average molecular weight is 538 g/mol. The van der Waals surface area contributed by atoms with Crippen LogP contribution >= 0.6 is 0 Å². The van der Waals surface area contributed by atoms with Crippen molar-refractivity contribution in [3.05, 3.63) is 92.8 Å². The molecule has 202 valence electrons. The molecule has 11 heteroatoms. The Labute approximate surface area is 221 Å². The second-order valence-corrected chi connectivity index (χ2v) is 10.3. The van der Waals surface area contributed by atoms with E-state index < -0.39 is 29.2 Å². The number of nitrogens with zero attached hydrogens (tertiary/aromatic N) is 4. The highest BCUT2D eigenvalue weighted by molar-refractivity contribution is 5.84. The Morgan fingerprint density at radius 2 is 1.95 bits per heavy atom. The smallest absolute Gasteiger partial charge is 0.378 e. The van der Waals surface area contributed by atoms with Crippen molar-refractivity contribution in [2.45, 2.75) is 49.9 Å². The molecule has 2 N–H and O–H groups in total. The van der Waals surface area contributed by atoms with E-state index in [0.717, 1.165) is 47.5 Å². The van der Waals surface area contributed by atoms with Gasteiger partial charge < -0.3 is 15.0 Å². The van der Waals surface area contributed by atoms with Crippen molar-refractivity contribution in [3.8, 4) is 0 Å². The number of benzene rings is 2. The summed E-state index contributed by atoms with van der Waals surface area (Å²) < 4.78 is 41.2. The number of nitrogens with one attached hydrogen (secondary N) is 1. The van der Waals surface area contributed by atoms with Crippen molar-refractivity contribution in [1.29, 1.82) is 0 Å². The zero-order valence-corrected chi connectivity index (χ0v) is 21.1. The first kappa shape index (κ1) is 25.3. The van der Waals surface area contributed by atoms with Crippen LogP contribution in [-0.4, -0.2) is 42.2 Å². The van der Waals surface area contributed by atoms with Crippen LogP contribution in [0.4, 0.5) is 13.2 Å². The van der Waals surface area contributed by atoms with E-state index >= 15 is 0 Å². The molecule has 0 bridgehead atoms. The number of aliphatic hydroxyl groups is 1. The van der Waals surface area contributed by atoms with Crippen molar-refractivity contribution in [2.24, 2.45) is 7.05 Å². The molecular weight excluding hydrogens is 511 g/mol. The number of alkyl halides is 3. The van der Waals surface area contributed by atoms with Gasteiger partial charge in [0.25, 0.3) is 11.5 Å². The molecule has 1 saturated carbocycles. The van der Waals surface area contributed by atoms with Crippen molar-refractivity contribution in [1.82, 2.24) is 24.6 Å². The molecular formula is C28H26F3N5O3. The molecule has 0 radical (unpaired) electrons. The van der Waals surface area contributed by atoms with E-state index in [-0.39, 0.29) is 24.2 Å². The van der Waals surface area contributed by atoms with Crippen LogP contribution in [0.15, 0.2) is 53.5 Å². The molecule has 4 aromatic rings. The highest BCUT2D eigenvalue weighted by Gasteiger charge is 2.50. The van der Waals surface area contributed by atoms with Crippen LogP contribution < -0.4 is 5.56 Å². The van der Waals surface area contributed by atoms with Gasteiger partial charge in [-0.3, -0.25) is 14.3 Å². The van der Waals surface area contributed by atoms with E-state index in [4.69, 9.17) is 4.98 Å². The third-order valence-electron chi connectivity index (χ3n) is 7.88. The molecule has 39 heavy (non-hydrogen) atoms. The number of aromatic amines is 1. The van der Waals surface area contributed by atoms with Crippen molar-refractivity contribution in [2.75, 3.05) is 6.54 Å². The third-order valence-corrected chi connectivity index (χ3v) is 7.88. The van der Waals surface area contributed by atoms with Crippen LogP contribution in [0.5, 0.6) is 0 Å². The van der Waals surface area contributed by atoms with Crippen molar-refractivity contribution < 1.29 is 23.1 Å². The summed E-state index contributed by atoms with van der Waals surface area (Å²) in [6.07, 6.45) is -1.94. The van der Waals surface area contributed by atoms with Crippen LogP contribution in [0.25, 0.3) is 10.9 Å². The first-order chi connectivity index (χ1) is 18.6. The highest BCUT2D eigenvalue weighted by atomic mass is 19.4. The number of rotatable bonds is 4. The molecule has 1 aliphatic heterocycles. The van der Waals surface area contributed by atoms with Gasteiger partial charge in [0.05, 0.1) is 40.5 Å². The molecule has 6 rings (SSSR count). The van der Waals surface area contributed by atoms with Crippen LogP contribution in [0.2, 0.25) is 0 Å². The topological polar surface area (TPSA) is 104 Å². The van der Waals surface area contributed by atoms with E-state index in [1.54, 1.807) is 0 Å². The van der Waals surface area contributed by atoms with Gasteiger partial charge >= 0.3 is 6.18 Å². The number of hydrogen-bond acceptors (Lipinski definition) is 5. The first-order valence-corrected chi connectivity index (χ1v) is 12.8. The quantitative estimate of drug-likeness (QED) is 0.413. The summed E-state index contributed by atoms with van der Waals surface area (Å²) in [5.74, 6) is -0.168. The lowest BCUT2D eigenvalue weighted by Crippen LogP contribution is -2.36. The maximum Gasteiger partial charge on any atom is 0.416 e. The Morgan fingerprint density at radius 1 is 1.18 bits per heavy atom. The molecule has 1 aliphatic carbocycles. The number of fused-ring (bicyclic) bond motifs is 2. The Hall–Kier alpha value is -3.99. The minimum atomic E-state index is -4.60. The summed E-state index contributed by atoms with van der Waals surface area (Å²) in [6.45, 7) is 0.151. The largest absolute Gasteiger partial charge is 0.416 e. The van der Waals surface area contributed by atoms with Gasteiger partial charge in [0, 0.05) is 19.0 Å². The minimum absolute atomic E-state index is 0.0853. The molecule has 1 fully saturated rings. The predicted octanol–water partition coefficient (Wildman–Crippen LogP) is 3.76. The first-order valence-electron chi connectivity index (χ1n) is 12.8. The molecule has 0 unspecified atom stereocenters. The third kappa shape index (κ3) is 4.30. The molecule has 8 nitrogen and oxygen atoms in total. The minimum Gasteiger partial charge on any atom is -0.378 e. The van der Waals surface area contributed by atoms with E-state index in [0.29, 0.717) is 29.9 Å². The number of amides is 1. The number of H-pyrrole nitrogens is 1. The standard InChI is InChI=1S/C28H26F3N5O3/c1-35-22-9-3-7-20(18(22)14-32-35)27(10-11-27)26-33-21-8-4-12-36(15-19(21)24(38)34-26)25(39)23(37)16-5-2-6-17(13-16)28(29,30)31/h2-3,5-7,9,13-14,23,37H,4,8,10-12,15H2,1H3,(H,33,34,38)/t23-/m1/s1. The van der Waals surface area contributed by atoms with Gasteiger partial charge in [-0.1, -0.05) is 24.3 Å². The Balaban J connectivity index is 1.30. The molecule has 3 heterocycles. The maximum absolute atomic E-state index is 13.3. The number of hydrogen-bond donors (Lipinski definition) is 2. The Morgan fingerprint density at radius 3 is 2.69 bits per heavy atom. The number of aromatic nitrogens is 4. The lowest BCUT2D eigenvalue weighted by atomic mass is 9.91. The normalized spacial score (nSPS) is 17.5. The molecule has 0 spiro atoms. The van der Waals surface area contributed by atoms with Gasteiger partial charge in [0.1, 0.15) is 5.82 Å². The summed E-state index contributed by atoms with van der Waals surface area (Å²) in [5, 5.41) is 16.0. The average Bonchev–Trinajstić information content (AvgIpc) is 3.68. The van der Waals surface area contributed by atoms with E-state index in [1.807, 2.05) is 36.1 Å². The molecule has 1 atom stereocenters. The summed E-state index contributed by atoms with van der Waals surface area (Å²) in [6, 6.07) is 10.1. The fourth-order valence-electron chi connectivity index (χ4n) is 5.59. The van der Waals surface area contributed by atoms with E-state index in [1.165, 1.54) is 11.0 Å². The molecule has 2 aliphatic rings. The molecule has 1 amide bonds. The van der Waals surface area contributed by atoms with Crippen LogP contribution in [0.3, 0.4) is 0 Å². The zero-order chi connectivity index (χ0) is 27.5. The van der Waals surface area contributed by atoms with Gasteiger partial charge in [-0.2, -0.15) is 18.3 Å². The fourth-order valence-corrected chi connectivity index (χ4v) is 5.59. The highest BCUT2D eigenvalue weighted by Crippen LogP contribution is 2.53.